The lowest BCUT2D eigenvalue weighted by atomic mass is 10.3. The summed E-state index contributed by atoms with van der Waals surface area (Å²) in [4.78, 5) is 10.8. The Balaban J connectivity index is 2.19. The fourth-order valence-corrected chi connectivity index (χ4v) is 2.64. The minimum Gasteiger partial charge on any atom is -0.351 e. The van der Waals surface area contributed by atoms with Crippen LogP contribution in [0.15, 0.2) is 12.4 Å². The van der Waals surface area contributed by atoms with Crippen LogP contribution in [0.25, 0.3) is 0 Å². The lowest BCUT2D eigenvalue weighted by Crippen LogP contribution is -2.41. The van der Waals surface area contributed by atoms with Gasteiger partial charge in [0.2, 0.25) is 0 Å². The van der Waals surface area contributed by atoms with Crippen molar-refractivity contribution in [2.45, 2.75) is 13.0 Å². The van der Waals surface area contributed by atoms with Gasteiger partial charge in [0, 0.05) is 24.1 Å². The van der Waals surface area contributed by atoms with E-state index in [-0.39, 0.29) is 0 Å². The van der Waals surface area contributed by atoms with Gasteiger partial charge in [-0.3, -0.25) is 4.98 Å². The number of hydrogen-bond acceptors (Lipinski definition) is 6. The van der Waals surface area contributed by atoms with Crippen molar-refractivity contribution >= 4 is 23.4 Å². The van der Waals surface area contributed by atoms with E-state index in [9.17, 15) is 0 Å². The molecule has 0 bridgehead atoms. The summed E-state index contributed by atoms with van der Waals surface area (Å²) in [6, 6.07) is 0.506. The van der Waals surface area contributed by atoms with E-state index >= 15 is 0 Å². The van der Waals surface area contributed by atoms with Gasteiger partial charge < -0.3 is 10.3 Å². The fraction of sp³-hybridized carbons (Fsp3) is 0.556. The van der Waals surface area contributed by atoms with E-state index in [0.29, 0.717) is 11.9 Å². The maximum atomic E-state index is 5.31. The molecule has 1 aliphatic heterocycles. The van der Waals surface area contributed by atoms with E-state index in [1.54, 1.807) is 12.4 Å². The second kappa shape index (κ2) is 4.67. The first-order valence-corrected chi connectivity index (χ1v) is 6.10. The van der Waals surface area contributed by atoms with Gasteiger partial charge in [0.25, 0.3) is 0 Å². The van der Waals surface area contributed by atoms with Crippen LogP contribution in [-0.4, -0.2) is 34.1 Å². The Kier molecular flexibility index (Phi) is 3.27. The summed E-state index contributed by atoms with van der Waals surface area (Å²) < 4.78 is 0. The number of aromatic nitrogens is 2. The van der Waals surface area contributed by atoms with Crippen LogP contribution in [0.4, 0.5) is 11.6 Å². The summed E-state index contributed by atoms with van der Waals surface area (Å²) >= 11 is 1.98. The molecule has 2 heterocycles. The predicted octanol–water partition coefficient (Wildman–Crippen LogP) is 0.704. The van der Waals surface area contributed by atoms with Gasteiger partial charge in [-0.25, -0.2) is 10.8 Å². The minimum atomic E-state index is 0.506. The zero-order chi connectivity index (χ0) is 10.7. The number of nitrogen functional groups attached to an aromatic ring is 1. The largest absolute Gasteiger partial charge is 0.351 e. The molecular formula is C9H15N5S. The molecule has 0 aromatic carbocycles. The van der Waals surface area contributed by atoms with Crippen LogP contribution >= 0.6 is 11.8 Å². The summed E-state index contributed by atoms with van der Waals surface area (Å²) in [6.07, 6.45) is 3.40. The number of hydrazine groups is 1. The molecule has 0 radical (unpaired) electrons. The van der Waals surface area contributed by atoms with Gasteiger partial charge in [0.05, 0.1) is 12.4 Å². The highest BCUT2D eigenvalue weighted by Crippen LogP contribution is 2.22. The summed E-state index contributed by atoms with van der Waals surface area (Å²) in [5, 5.41) is 0. The van der Waals surface area contributed by atoms with E-state index < -0.39 is 0 Å². The van der Waals surface area contributed by atoms with E-state index in [2.05, 4.69) is 27.2 Å². The van der Waals surface area contributed by atoms with Gasteiger partial charge in [0.15, 0.2) is 5.82 Å². The van der Waals surface area contributed by atoms with Crippen LogP contribution in [0.3, 0.4) is 0 Å². The number of nitrogens with one attached hydrogen (secondary N) is 1. The molecule has 1 atom stereocenters. The number of nitrogens with two attached hydrogens (primary N) is 1. The number of nitrogens with zero attached hydrogens (tertiary/aromatic N) is 3. The molecule has 1 fully saturated rings. The molecular weight excluding hydrogens is 210 g/mol. The van der Waals surface area contributed by atoms with Crippen LogP contribution in [0.5, 0.6) is 0 Å². The standard InChI is InChI=1S/C9H15N5S/c1-7-6-15-3-2-14(7)9-5-11-4-8(12-9)13-10/h4-5,7H,2-3,6,10H2,1H3,(H,12,13). The highest BCUT2D eigenvalue weighted by molar-refractivity contribution is 7.99. The third kappa shape index (κ3) is 2.32. The van der Waals surface area contributed by atoms with Crippen molar-refractivity contribution in [2.24, 2.45) is 5.84 Å². The van der Waals surface area contributed by atoms with Gasteiger partial charge in [-0.15, -0.1) is 0 Å². The Morgan fingerprint density at radius 2 is 2.47 bits per heavy atom. The Morgan fingerprint density at radius 3 is 3.20 bits per heavy atom. The Bertz CT molecular complexity index is 332. The minimum absolute atomic E-state index is 0.506. The average Bonchev–Trinajstić information content (AvgIpc) is 2.30. The van der Waals surface area contributed by atoms with Gasteiger partial charge in [-0.2, -0.15) is 11.8 Å². The van der Waals surface area contributed by atoms with E-state index in [0.717, 1.165) is 23.9 Å². The number of anilines is 2. The van der Waals surface area contributed by atoms with Crippen molar-refractivity contribution in [3.63, 3.8) is 0 Å². The van der Waals surface area contributed by atoms with Crippen molar-refractivity contribution in [1.82, 2.24) is 9.97 Å². The molecule has 1 aromatic heterocycles. The van der Waals surface area contributed by atoms with Crippen LogP contribution in [0.2, 0.25) is 0 Å². The monoisotopic (exact) mass is 225 g/mol. The number of thioether (sulfide) groups is 1. The molecule has 0 amide bonds. The summed E-state index contributed by atoms with van der Waals surface area (Å²) in [5.74, 6) is 9.10. The van der Waals surface area contributed by atoms with Crippen LogP contribution < -0.4 is 16.2 Å². The normalized spacial score (nSPS) is 21.5. The molecule has 2 rings (SSSR count). The Labute approximate surface area is 93.4 Å². The number of hydrogen-bond donors (Lipinski definition) is 2. The maximum Gasteiger partial charge on any atom is 0.160 e. The summed E-state index contributed by atoms with van der Waals surface area (Å²) in [7, 11) is 0. The van der Waals surface area contributed by atoms with Gasteiger partial charge >= 0.3 is 0 Å². The molecule has 15 heavy (non-hydrogen) atoms. The SMILES string of the molecule is CC1CSCCN1c1cncc(NN)n1. The van der Waals surface area contributed by atoms with Crippen LogP contribution in [0, 0.1) is 0 Å². The van der Waals surface area contributed by atoms with Crippen molar-refractivity contribution in [1.29, 1.82) is 0 Å². The highest BCUT2D eigenvalue weighted by atomic mass is 32.2. The molecule has 3 N–H and O–H groups in total. The molecule has 0 spiro atoms. The van der Waals surface area contributed by atoms with Gasteiger partial charge in [-0.05, 0) is 6.92 Å². The molecule has 0 aliphatic carbocycles. The molecule has 0 saturated carbocycles. The zero-order valence-corrected chi connectivity index (χ0v) is 9.50. The molecule has 82 valence electrons. The maximum absolute atomic E-state index is 5.31. The smallest absolute Gasteiger partial charge is 0.160 e. The second-order valence-electron chi connectivity index (χ2n) is 3.52. The van der Waals surface area contributed by atoms with Crippen LogP contribution in [-0.2, 0) is 0 Å². The number of rotatable bonds is 2. The van der Waals surface area contributed by atoms with Crippen molar-refractivity contribution in [3.8, 4) is 0 Å². The van der Waals surface area contributed by atoms with Crippen molar-refractivity contribution in [3.05, 3.63) is 12.4 Å². The molecule has 1 unspecified atom stereocenters. The Morgan fingerprint density at radius 1 is 1.60 bits per heavy atom. The Hall–Kier alpha value is -1.01. The van der Waals surface area contributed by atoms with Crippen molar-refractivity contribution in [2.75, 3.05) is 28.4 Å². The lowest BCUT2D eigenvalue weighted by Gasteiger charge is -2.33. The van der Waals surface area contributed by atoms with Crippen molar-refractivity contribution < 1.29 is 0 Å². The molecule has 1 aromatic rings. The predicted molar refractivity (Wildman–Crippen MR) is 64.0 cm³/mol. The molecule has 1 saturated heterocycles. The lowest BCUT2D eigenvalue weighted by molar-refractivity contribution is 0.688. The quantitative estimate of drug-likeness (QED) is 0.570. The van der Waals surface area contributed by atoms with E-state index in [1.165, 1.54) is 0 Å². The van der Waals surface area contributed by atoms with E-state index in [1.807, 2.05) is 11.8 Å². The highest BCUT2D eigenvalue weighted by Gasteiger charge is 2.20. The molecule has 5 nitrogen and oxygen atoms in total. The first-order valence-electron chi connectivity index (χ1n) is 4.94. The zero-order valence-electron chi connectivity index (χ0n) is 8.68. The van der Waals surface area contributed by atoms with E-state index in [4.69, 9.17) is 5.84 Å². The molecule has 6 heteroatoms. The third-order valence-electron chi connectivity index (χ3n) is 2.43. The summed E-state index contributed by atoms with van der Waals surface area (Å²) in [6.45, 7) is 3.23. The second-order valence-corrected chi connectivity index (χ2v) is 4.67. The molecule has 1 aliphatic rings. The average molecular weight is 225 g/mol. The first-order chi connectivity index (χ1) is 7.31. The van der Waals surface area contributed by atoms with Gasteiger partial charge in [-0.1, -0.05) is 0 Å². The van der Waals surface area contributed by atoms with Crippen LogP contribution in [0.1, 0.15) is 6.92 Å². The fourth-order valence-electron chi connectivity index (χ4n) is 1.63. The third-order valence-corrected chi connectivity index (χ3v) is 3.62. The van der Waals surface area contributed by atoms with Gasteiger partial charge in [0.1, 0.15) is 5.82 Å². The first kappa shape index (κ1) is 10.5. The summed E-state index contributed by atoms with van der Waals surface area (Å²) in [5.41, 5.74) is 2.52. The topological polar surface area (TPSA) is 67.1 Å².